The largest absolute Gasteiger partial charge is 1.00 e. The van der Waals surface area contributed by atoms with Gasteiger partial charge in [-0.05, 0) is 45.1 Å². The Kier molecular flexibility index (Phi) is 11.5. The molecule has 0 radical (unpaired) electrons. The van der Waals surface area contributed by atoms with Crippen molar-refractivity contribution in [3.63, 3.8) is 0 Å². The van der Waals surface area contributed by atoms with E-state index in [-0.39, 0.29) is 52.1 Å². The SMILES string of the molecule is CN1CCCCC1.[CH-]=NC(=[C-]N)/C(C)=C(\N)c1ccc(C(F)(F)F)cc1O.[Na+]. The molecule has 1 saturated heterocycles. The number of aromatic hydroxyl groups is 1. The topological polar surface area (TPSA) is 87.9 Å². The summed E-state index contributed by atoms with van der Waals surface area (Å²) in [5.41, 5.74) is 10.3. The maximum atomic E-state index is 12.5. The van der Waals surface area contributed by atoms with Crippen molar-refractivity contribution in [3.8, 4) is 5.75 Å². The predicted molar refractivity (Wildman–Crippen MR) is 101 cm³/mol. The van der Waals surface area contributed by atoms with Gasteiger partial charge in [-0.1, -0.05) is 18.2 Å². The number of piperidine rings is 1. The molecule has 0 spiro atoms. The van der Waals surface area contributed by atoms with E-state index >= 15 is 0 Å². The molecule has 0 bridgehead atoms. The molecule has 150 valence electrons. The fraction of sp³-hybridized carbons (Fsp3) is 0.421. The molecule has 1 heterocycles. The summed E-state index contributed by atoms with van der Waals surface area (Å²) in [5.74, 6) is -0.606. The van der Waals surface area contributed by atoms with Crippen LogP contribution in [0.1, 0.15) is 37.3 Å². The molecule has 1 aromatic rings. The van der Waals surface area contributed by atoms with E-state index in [1.807, 2.05) is 0 Å². The van der Waals surface area contributed by atoms with Crippen LogP contribution in [0.4, 0.5) is 13.2 Å². The van der Waals surface area contributed by atoms with E-state index in [2.05, 4.69) is 23.1 Å². The Morgan fingerprint density at radius 1 is 1.25 bits per heavy atom. The summed E-state index contributed by atoms with van der Waals surface area (Å²) < 4.78 is 37.4. The Hall–Kier alpha value is -1.48. The number of aliphatic imine (C=N–C) groups is 1. The van der Waals surface area contributed by atoms with E-state index in [0.29, 0.717) is 6.07 Å². The molecule has 1 aliphatic heterocycles. The third kappa shape index (κ3) is 7.87. The van der Waals surface area contributed by atoms with Crippen LogP contribution in [0.25, 0.3) is 5.70 Å². The van der Waals surface area contributed by atoms with Gasteiger partial charge in [0.1, 0.15) is 5.75 Å². The summed E-state index contributed by atoms with van der Waals surface area (Å²) in [6.07, 6.45) is 1.91. The molecule has 28 heavy (non-hydrogen) atoms. The van der Waals surface area contributed by atoms with Crippen molar-refractivity contribution >= 4 is 12.4 Å². The monoisotopic (exact) mass is 405 g/mol. The van der Waals surface area contributed by atoms with Gasteiger partial charge in [0, 0.05) is 5.56 Å². The molecule has 0 amide bonds. The number of alkyl halides is 3. The van der Waals surface area contributed by atoms with Gasteiger partial charge in [-0.15, -0.1) is 6.92 Å². The van der Waals surface area contributed by atoms with Crippen molar-refractivity contribution in [2.24, 2.45) is 16.5 Å². The van der Waals surface area contributed by atoms with Crippen LogP contribution in [0.15, 0.2) is 34.5 Å². The van der Waals surface area contributed by atoms with E-state index in [4.69, 9.17) is 18.2 Å². The number of nitrogens with zero attached hydrogens (tertiary/aromatic N) is 2. The number of phenolic OH excluding ortho intramolecular Hbond substituents is 1. The molecule has 0 aromatic heterocycles. The van der Waals surface area contributed by atoms with Crippen molar-refractivity contribution in [3.05, 3.63) is 46.8 Å². The number of nitrogens with two attached hydrogens (primary N) is 2. The molecular formula is C19H25F3N4NaO-. The van der Waals surface area contributed by atoms with Gasteiger partial charge in [0.2, 0.25) is 0 Å². The Morgan fingerprint density at radius 3 is 2.18 bits per heavy atom. The Morgan fingerprint density at radius 2 is 1.82 bits per heavy atom. The second kappa shape index (κ2) is 12.2. The number of benzene rings is 1. The van der Waals surface area contributed by atoms with E-state index in [1.54, 1.807) is 0 Å². The van der Waals surface area contributed by atoms with Crippen molar-refractivity contribution in [1.82, 2.24) is 4.90 Å². The molecule has 0 aliphatic carbocycles. The molecule has 5 N–H and O–H groups in total. The number of rotatable bonds is 3. The van der Waals surface area contributed by atoms with Crippen molar-refractivity contribution in [1.29, 1.82) is 0 Å². The minimum atomic E-state index is -4.55. The Labute approximate surface area is 186 Å². The van der Waals surface area contributed by atoms with E-state index in [1.165, 1.54) is 39.3 Å². The molecule has 0 saturated carbocycles. The van der Waals surface area contributed by atoms with E-state index < -0.39 is 17.5 Å². The summed E-state index contributed by atoms with van der Waals surface area (Å²) in [5, 5.41) is 9.66. The normalized spacial score (nSPS) is 16.2. The van der Waals surface area contributed by atoms with Crippen LogP contribution in [0, 0.1) is 6.20 Å². The maximum Gasteiger partial charge on any atom is 1.00 e. The van der Waals surface area contributed by atoms with Gasteiger partial charge in [0.05, 0.1) is 5.56 Å². The molecular weight excluding hydrogens is 380 g/mol. The van der Waals surface area contributed by atoms with Gasteiger partial charge in [-0.2, -0.15) is 19.9 Å². The van der Waals surface area contributed by atoms with Crippen LogP contribution >= 0.6 is 0 Å². The second-order valence-corrected chi connectivity index (χ2v) is 6.25. The standard InChI is InChI=1S/C13H12F3N3O.C6H13N.Na/c1-7(10(6-17)19-2)12(18)9-4-3-8(5-11(9)20)13(14,15)16;1-7-5-3-2-4-6-7;/h2-5,20H,17-18H2,1H3;2-6H2,1H3;/q-2;;+1/b12-7-;;. The van der Waals surface area contributed by atoms with Gasteiger partial charge in [-0.25, -0.2) is 11.3 Å². The molecule has 1 aromatic carbocycles. The summed E-state index contributed by atoms with van der Waals surface area (Å²) in [4.78, 5) is 5.71. The van der Waals surface area contributed by atoms with Crippen LogP contribution < -0.4 is 41.0 Å². The average Bonchev–Trinajstić information content (AvgIpc) is 2.62. The number of allylic oxidation sites excluding steroid dienone is 1. The number of phenols is 1. The van der Waals surface area contributed by atoms with Gasteiger partial charge >= 0.3 is 35.7 Å². The molecule has 0 atom stereocenters. The molecule has 1 fully saturated rings. The van der Waals surface area contributed by atoms with E-state index in [9.17, 15) is 18.3 Å². The van der Waals surface area contributed by atoms with Crippen LogP contribution in [0.2, 0.25) is 0 Å². The fourth-order valence-electron chi connectivity index (χ4n) is 2.56. The first-order chi connectivity index (χ1) is 12.6. The molecule has 5 nitrogen and oxygen atoms in total. The van der Waals surface area contributed by atoms with Crippen molar-refractivity contribution < 1.29 is 47.8 Å². The maximum absolute atomic E-state index is 12.5. The van der Waals surface area contributed by atoms with Gasteiger partial charge in [0.25, 0.3) is 0 Å². The smallest absolute Gasteiger partial charge is 0.507 e. The number of hydrogen-bond donors (Lipinski definition) is 3. The van der Waals surface area contributed by atoms with Crippen LogP contribution in [-0.2, 0) is 6.18 Å². The third-order valence-corrected chi connectivity index (χ3v) is 4.22. The van der Waals surface area contributed by atoms with Crippen molar-refractivity contribution in [2.75, 3.05) is 20.1 Å². The molecule has 1 aliphatic rings. The summed E-state index contributed by atoms with van der Waals surface area (Å²) in [6.45, 7) is 9.20. The number of likely N-dealkylation sites (tertiary alicyclic amines) is 1. The number of halogens is 3. The van der Waals surface area contributed by atoms with Crippen LogP contribution in [0.5, 0.6) is 5.75 Å². The minimum absolute atomic E-state index is 0. The molecule has 2 rings (SSSR count). The van der Waals surface area contributed by atoms with Crippen LogP contribution in [-0.4, -0.2) is 36.9 Å². The first-order valence-electron chi connectivity index (χ1n) is 8.42. The zero-order valence-electron chi connectivity index (χ0n) is 16.5. The summed E-state index contributed by atoms with van der Waals surface area (Å²) in [7, 11) is 2.19. The second-order valence-electron chi connectivity index (χ2n) is 6.25. The summed E-state index contributed by atoms with van der Waals surface area (Å²) in [6, 6.07) is 2.45. The van der Waals surface area contributed by atoms with Gasteiger partial charge < -0.3 is 26.5 Å². The van der Waals surface area contributed by atoms with Crippen LogP contribution in [0.3, 0.4) is 0 Å². The van der Waals surface area contributed by atoms with Crippen molar-refractivity contribution in [2.45, 2.75) is 32.4 Å². The fourth-order valence-corrected chi connectivity index (χ4v) is 2.56. The van der Waals surface area contributed by atoms with Gasteiger partial charge in [0.15, 0.2) is 0 Å². The number of hydrogen-bond acceptors (Lipinski definition) is 5. The quantitative estimate of drug-likeness (QED) is 0.223. The zero-order chi connectivity index (χ0) is 20.6. The molecule has 0 unspecified atom stereocenters. The average molecular weight is 405 g/mol. The third-order valence-electron chi connectivity index (χ3n) is 4.22. The first-order valence-corrected chi connectivity index (χ1v) is 8.42. The van der Waals surface area contributed by atoms with Gasteiger partial charge in [-0.3, -0.25) is 6.20 Å². The van der Waals surface area contributed by atoms with E-state index in [0.717, 1.165) is 12.1 Å². The zero-order valence-corrected chi connectivity index (χ0v) is 18.5. The predicted octanol–water partition coefficient (Wildman–Crippen LogP) is 0.388. The Balaban J connectivity index is 0.000000765. The Bertz CT molecular complexity index is 712. The summed E-state index contributed by atoms with van der Waals surface area (Å²) >= 11 is 0. The molecule has 9 heteroatoms. The minimum Gasteiger partial charge on any atom is -0.507 e. The first kappa shape index (κ1) is 26.5.